The number of fused-ring (bicyclic) bond motifs is 1. The number of amides is 1. The molecule has 1 atom stereocenters. The Bertz CT molecular complexity index is 946. The van der Waals surface area contributed by atoms with E-state index in [4.69, 9.17) is 11.6 Å². The minimum atomic E-state index is -0.128. The highest BCUT2D eigenvalue weighted by atomic mass is 35.5. The van der Waals surface area contributed by atoms with Crippen molar-refractivity contribution >= 4 is 34.4 Å². The fourth-order valence-electron chi connectivity index (χ4n) is 2.78. The van der Waals surface area contributed by atoms with Gasteiger partial charge in [-0.25, -0.2) is 0 Å². The van der Waals surface area contributed by atoms with Crippen LogP contribution < -0.4 is 5.32 Å². The lowest BCUT2D eigenvalue weighted by Gasteiger charge is -2.14. The highest BCUT2D eigenvalue weighted by Crippen LogP contribution is 2.21. The minimum Gasteiger partial charge on any atom is -0.346 e. The fourth-order valence-corrected chi connectivity index (χ4v) is 2.98. The molecule has 0 fully saturated rings. The van der Waals surface area contributed by atoms with Crippen LogP contribution in [0.25, 0.3) is 16.8 Å². The number of benzene rings is 3. The van der Waals surface area contributed by atoms with Crippen molar-refractivity contribution < 1.29 is 4.79 Å². The Morgan fingerprint density at radius 2 is 1.84 bits per heavy atom. The van der Waals surface area contributed by atoms with E-state index in [1.165, 1.54) is 22.4 Å². The van der Waals surface area contributed by atoms with Gasteiger partial charge in [0.15, 0.2) is 0 Å². The van der Waals surface area contributed by atoms with Crippen LogP contribution in [0.3, 0.4) is 0 Å². The maximum absolute atomic E-state index is 12.2. The molecule has 0 radical (unpaired) electrons. The van der Waals surface area contributed by atoms with Crippen molar-refractivity contribution in [2.24, 2.45) is 0 Å². The molecule has 0 bridgehead atoms. The van der Waals surface area contributed by atoms with Crippen LogP contribution in [0.5, 0.6) is 0 Å². The third kappa shape index (κ3) is 4.49. The largest absolute Gasteiger partial charge is 0.346 e. The van der Waals surface area contributed by atoms with Gasteiger partial charge < -0.3 is 5.32 Å². The smallest absolute Gasteiger partial charge is 0.244 e. The maximum Gasteiger partial charge on any atom is 0.244 e. The first-order chi connectivity index (χ1) is 12.0. The average Bonchev–Trinajstić information content (AvgIpc) is 2.59. The minimum absolute atomic E-state index is 0.0681. The summed E-state index contributed by atoms with van der Waals surface area (Å²) in [4.78, 5) is 12.2. The monoisotopic (exact) mass is 349 g/mol. The quantitative estimate of drug-likeness (QED) is 0.602. The molecule has 126 valence electrons. The van der Waals surface area contributed by atoms with Gasteiger partial charge in [0, 0.05) is 11.1 Å². The van der Waals surface area contributed by atoms with Gasteiger partial charge in [0.05, 0.1) is 6.04 Å². The van der Waals surface area contributed by atoms with Gasteiger partial charge in [-0.3, -0.25) is 4.79 Å². The summed E-state index contributed by atoms with van der Waals surface area (Å²) in [6.45, 7) is 4.07. The molecule has 1 unspecified atom stereocenters. The van der Waals surface area contributed by atoms with Crippen LogP contribution in [0.4, 0.5) is 0 Å². The van der Waals surface area contributed by atoms with Crippen LogP contribution in [0, 0.1) is 6.92 Å². The normalized spacial score (nSPS) is 12.4. The lowest BCUT2D eigenvalue weighted by Crippen LogP contribution is -2.24. The molecule has 3 aromatic rings. The molecule has 3 rings (SSSR count). The van der Waals surface area contributed by atoms with E-state index in [0.29, 0.717) is 5.02 Å². The van der Waals surface area contributed by atoms with E-state index in [-0.39, 0.29) is 11.9 Å². The summed E-state index contributed by atoms with van der Waals surface area (Å²) in [6.07, 6.45) is 3.30. The number of carbonyl (C=O) groups excluding carboxylic acids is 1. The van der Waals surface area contributed by atoms with Gasteiger partial charge in [0.25, 0.3) is 0 Å². The summed E-state index contributed by atoms with van der Waals surface area (Å²) in [5.74, 6) is -0.128. The number of rotatable bonds is 4. The van der Waals surface area contributed by atoms with Crippen LogP contribution in [0.2, 0.25) is 5.02 Å². The second-order valence-corrected chi connectivity index (χ2v) is 6.67. The molecule has 2 nitrogen and oxygen atoms in total. The van der Waals surface area contributed by atoms with E-state index >= 15 is 0 Å². The summed E-state index contributed by atoms with van der Waals surface area (Å²) in [7, 11) is 0. The van der Waals surface area contributed by atoms with Crippen molar-refractivity contribution in [1.82, 2.24) is 5.32 Å². The third-order valence-corrected chi connectivity index (χ3v) is 4.39. The number of hydrogen-bond donors (Lipinski definition) is 1. The van der Waals surface area contributed by atoms with Crippen molar-refractivity contribution in [3.63, 3.8) is 0 Å². The van der Waals surface area contributed by atoms with Gasteiger partial charge in [-0.2, -0.15) is 0 Å². The van der Waals surface area contributed by atoms with E-state index in [1.54, 1.807) is 6.08 Å². The molecule has 0 saturated heterocycles. The van der Waals surface area contributed by atoms with Gasteiger partial charge in [-0.05, 0) is 60.0 Å². The van der Waals surface area contributed by atoms with Crippen LogP contribution in [-0.2, 0) is 4.79 Å². The fraction of sp³-hybridized carbons (Fsp3) is 0.136. The van der Waals surface area contributed by atoms with Gasteiger partial charge >= 0.3 is 0 Å². The van der Waals surface area contributed by atoms with Crippen molar-refractivity contribution in [3.8, 4) is 0 Å². The Morgan fingerprint density at radius 1 is 1.04 bits per heavy atom. The van der Waals surface area contributed by atoms with Crippen molar-refractivity contribution in [2.75, 3.05) is 0 Å². The second-order valence-electron chi connectivity index (χ2n) is 6.23. The van der Waals surface area contributed by atoms with Crippen molar-refractivity contribution in [1.29, 1.82) is 0 Å². The first kappa shape index (κ1) is 17.2. The number of carbonyl (C=O) groups is 1. The van der Waals surface area contributed by atoms with Gasteiger partial charge in [0.2, 0.25) is 5.91 Å². The van der Waals surface area contributed by atoms with Crippen LogP contribution in [-0.4, -0.2) is 5.91 Å². The van der Waals surface area contributed by atoms with E-state index in [1.807, 2.05) is 31.2 Å². The van der Waals surface area contributed by atoms with Crippen LogP contribution in [0.1, 0.15) is 29.7 Å². The summed E-state index contributed by atoms with van der Waals surface area (Å²) in [5, 5.41) is 6.05. The maximum atomic E-state index is 12.2. The van der Waals surface area contributed by atoms with E-state index in [0.717, 1.165) is 11.1 Å². The first-order valence-electron chi connectivity index (χ1n) is 8.26. The molecule has 0 spiro atoms. The molecule has 3 heteroatoms. The Labute approximate surface area is 153 Å². The summed E-state index contributed by atoms with van der Waals surface area (Å²) < 4.78 is 0. The van der Waals surface area contributed by atoms with E-state index < -0.39 is 0 Å². The highest BCUT2D eigenvalue weighted by Gasteiger charge is 2.08. The van der Waals surface area contributed by atoms with E-state index in [2.05, 4.69) is 48.6 Å². The predicted molar refractivity (Wildman–Crippen MR) is 106 cm³/mol. The molecule has 1 N–H and O–H groups in total. The zero-order valence-corrected chi connectivity index (χ0v) is 15.0. The topological polar surface area (TPSA) is 29.1 Å². The first-order valence-corrected chi connectivity index (χ1v) is 8.63. The molecule has 0 aromatic heterocycles. The standard InChI is InChI=1S/C22H20ClNO/c1-15-6-8-18-9-10-19(14-20(18)12-15)16(2)24-22(25)11-7-17-4-3-5-21(23)13-17/h3-14,16H,1-2H3,(H,24,25)/b11-7+. The molecule has 25 heavy (non-hydrogen) atoms. The van der Waals surface area contributed by atoms with Gasteiger partial charge in [-0.15, -0.1) is 0 Å². The van der Waals surface area contributed by atoms with E-state index in [9.17, 15) is 4.79 Å². The predicted octanol–water partition coefficient (Wildman–Crippen LogP) is 5.69. The summed E-state index contributed by atoms with van der Waals surface area (Å²) >= 11 is 5.95. The molecular formula is C22H20ClNO. The highest BCUT2D eigenvalue weighted by molar-refractivity contribution is 6.30. The lowest BCUT2D eigenvalue weighted by atomic mass is 10.0. The Hall–Kier alpha value is -2.58. The summed E-state index contributed by atoms with van der Waals surface area (Å²) in [5.41, 5.74) is 3.21. The molecule has 3 aromatic carbocycles. The second kappa shape index (κ2) is 7.54. The Balaban J connectivity index is 1.70. The molecular weight excluding hydrogens is 330 g/mol. The SMILES string of the molecule is Cc1ccc2ccc(C(C)NC(=O)/C=C/c3cccc(Cl)c3)cc2c1. The molecule has 1 amide bonds. The van der Waals surface area contributed by atoms with Crippen LogP contribution in [0.15, 0.2) is 66.7 Å². The average molecular weight is 350 g/mol. The number of hydrogen-bond acceptors (Lipinski definition) is 1. The number of nitrogens with one attached hydrogen (secondary N) is 1. The molecule has 0 saturated carbocycles. The number of aryl methyl sites for hydroxylation is 1. The molecule has 0 aliphatic carbocycles. The summed E-state index contributed by atoms with van der Waals surface area (Å²) in [6, 6.07) is 20.0. The molecule has 0 aliphatic heterocycles. The van der Waals surface area contributed by atoms with Crippen molar-refractivity contribution in [2.45, 2.75) is 19.9 Å². The zero-order valence-electron chi connectivity index (χ0n) is 14.3. The Morgan fingerprint density at radius 3 is 2.64 bits per heavy atom. The Kier molecular flexibility index (Phi) is 5.20. The van der Waals surface area contributed by atoms with Crippen molar-refractivity contribution in [3.05, 3.63) is 88.5 Å². The number of halogens is 1. The van der Waals surface area contributed by atoms with Gasteiger partial charge in [-0.1, -0.05) is 59.6 Å². The zero-order chi connectivity index (χ0) is 17.8. The van der Waals surface area contributed by atoms with Crippen LogP contribution >= 0.6 is 11.6 Å². The van der Waals surface area contributed by atoms with Gasteiger partial charge in [0.1, 0.15) is 0 Å². The molecule has 0 aliphatic rings. The molecule has 0 heterocycles. The third-order valence-electron chi connectivity index (χ3n) is 4.15. The lowest BCUT2D eigenvalue weighted by molar-refractivity contribution is -0.117.